The first-order valence-electron chi connectivity index (χ1n) is 31.5. The maximum atomic E-state index is 15.8. The molecule has 0 aliphatic carbocycles. The van der Waals surface area contributed by atoms with Crippen molar-refractivity contribution in [2.24, 2.45) is 11.8 Å². The molecule has 2 unspecified atom stereocenters. The third-order valence-electron chi connectivity index (χ3n) is 16.4. The van der Waals surface area contributed by atoms with Crippen LogP contribution in [-0.2, 0) is 9.59 Å². The number of amides is 2. The standard InChI is InChI=1S/C69H98N2O2S5/c1-6-10-14-18-22-24-28-32-37-54(35-30-26-20-16-12-8-3)51-70-66(62-45-40-53(5)75-62)64-65(69(70)73)67(71(68(64)72)52-55(36-31-27-21-17-13-9-4)38-33-29-25-23-19-15-11-7-2)63-49-48-61(78-63)60-47-44-57(77-60)42-41-56-43-46-59(76-56)58-39-34-50-74-58/h34,39-50,54-55H,6-33,35-38,51-52H2,1-5H3/b42-41+. The van der Waals surface area contributed by atoms with Crippen molar-refractivity contribution in [2.45, 2.75) is 240 Å². The van der Waals surface area contributed by atoms with Crippen LogP contribution >= 0.6 is 56.7 Å². The summed E-state index contributed by atoms with van der Waals surface area (Å²) >= 11 is 8.95. The molecular formula is C69H98N2O2S5. The van der Waals surface area contributed by atoms with Crippen molar-refractivity contribution in [1.82, 2.24) is 9.80 Å². The first kappa shape index (κ1) is 62.3. The lowest BCUT2D eigenvalue weighted by atomic mass is 9.93. The number of aryl methyl sites for hydroxylation is 1. The highest BCUT2D eigenvalue weighted by molar-refractivity contribution is 7.23. The zero-order valence-electron chi connectivity index (χ0n) is 49.0. The second-order valence-electron chi connectivity index (χ2n) is 22.9. The molecule has 2 amide bonds. The normalized spacial score (nSPS) is 14.7. The highest BCUT2D eigenvalue weighted by Crippen LogP contribution is 2.51. The van der Waals surface area contributed by atoms with Crippen LogP contribution in [0.25, 0.3) is 43.1 Å². The van der Waals surface area contributed by atoms with Crippen LogP contribution in [0, 0.1) is 18.8 Å². The van der Waals surface area contributed by atoms with Crippen molar-refractivity contribution in [3.8, 4) is 19.5 Å². The Morgan fingerprint density at radius 3 is 1.12 bits per heavy atom. The maximum absolute atomic E-state index is 15.8. The van der Waals surface area contributed by atoms with Gasteiger partial charge in [0.2, 0.25) is 0 Å². The number of fused-ring (bicyclic) bond motifs is 1. The van der Waals surface area contributed by atoms with Crippen LogP contribution < -0.4 is 0 Å². The summed E-state index contributed by atoms with van der Waals surface area (Å²) in [6.45, 7) is 12.7. The molecule has 9 heteroatoms. The van der Waals surface area contributed by atoms with Gasteiger partial charge >= 0.3 is 0 Å². The lowest BCUT2D eigenvalue weighted by molar-refractivity contribution is -0.124. The summed E-state index contributed by atoms with van der Waals surface area (Å²) < 4.78 is 0. The van der Waals surface area contributed by atoms with Gasteiger partial charge in [-0.15, -0.1) is 56.7 Å². The Labute approximate surface area is 494 Å². The van der Waals surface area contributed by atoms with Crippen molar-refractivity contribution in [3.63, 3.8) is 0 Å². The van der Waals surface area contributed by atoms with Crippen molar-refractivity contribution in [2.75, 3.05) is 13.1 Å². The van der Waals surface area contributed by atoms with Crippen molar-refractivity contribution >= 4 is 92.0 Å². The number of carbonyl (C=O) groups is 2. The number of hydrogen-bond donors (Lipinski definition) is 0. The Hall–Kier alpha value is -3.34. The second-order valence-corrected chi connectivity index (χ2v) is 28.5. The van der Waals surface area contributed by atoms with E-state index in [2.05, 4.69) is 123 Å². The summed E-state index contributed by atoms with van der Waals surface area (Å²) in [6, 6.07) is 22.1. The molecule has 0 fully saturated rings. The quantitative estimate of drug-likeness (QED) is 0.0365. The molecule has 5 aromatic heterocycles. The maximum Gasteiger partial charge on any atom is 0.261 e. The van der Waals surface area contributed by atoms with E-state index in [1.165, 1.54) is 214 Å². The Morgan fingerprint density at radius 2 is 0.731 bits per heavy atom. The molecule has 2 aliphatic rings. The molecule has 0 spiro atoms. The van der Waals surface area contributed by atoms with Gasteiger partial charge in [0.05, 0.1) is 32.3 Å². The van der Waals surface area contributed by atoms with Gasteiger partial charge in [-0.25, -0.2) is 0 Å². The second kappa shape index (κ2) is 34.8. The Bertz CT molecular complexity index is 2600. The molecule has 7 rings (SSSR count). The lowest BCUT2D eigenvalue weighted by Crippen LogP contribution is -2.34. The Kier molecular flexibility index (Phi) is 27.8. The number of unbranched alkanes of at least 4 members (excludes halogenated alkanes) is 24. The van der Waals surface area contributed by atoms with Gasteiger partial charge < -0.3 is 9.80 Å². The molecular weight excluding hydrogens is 1050 g/mol. The van der Waals surface area contributed by atoms with E-state index in [0.717, 1.165) is 46.8 Å². The third-order valence-corrected chi connectivity index (χ3v) is 21.9. The predicted molar refractivity (Wildman–Crippen MR) is 348 cm³/mol. The summed E-state index contributed by atoms with van der Waals surface area (Å²) in [5.41, 5.74) is 3.09. The molecule has 0 aromatic carbocycles. The van der Waals surface area contributed by atoms with E-state index in [1.807, 2.05) is 22.7 Å². The highest BCUT2D eigenvalue weighted by atomic mass is 32.1. The van der Waals surface area contributed by atoms with Crippen LogP contribution in [0.4, 0.5) is 0 Å². The summed E-state index contributed by atoms with van der Waals surface area (Å²) in [6.07, 6.45) is 45.2. The molecule has 2 aliphatic heterocycles. The minimum atomic E-state index is 0.0469. The molecule has 426 valence electrons. The van der Waals surface area contributed by atoms with E-state index in [4.69, 9.17) is 0 Å². The van der Waals surface area contributed by atoms with Gasteiger partial charge in [0.15, 0.2) is 0 Å². The van der Waals surface area contributed by atoms with Gasteiger partial charge in [0, 0.05) is 47.2 Å². The predicted octanol–water partition coefficient (Wildman–Crippen LogP) is 23.4. The van der Waals surface area contributed by atoms with Gasteiger partial charge in [0.1, 0.15) is 0 Å². The number of thiophene rings is 5. The third kappa shape index (κ3) is 18.9. The fourth-order valence-corrected chi connectivity index (χ4v) is 16.6. The molecule has 78 heavy (non-hydrogen) atoms. The number of nitrogens with zero attached hydrogens (tertiary/aromatic N) is 2. The van der Waals surface area contributed by atoms with Crippen LogP contribution in [0.2, 0.25) is 0 Å². The van der Waals surface area contributed by atoms with E-state index in [1.54, 1.807) is 34.0 Å². The molecule has 5 aromatic rings. The van der Waals surface area contributed by atoms with Crippen molar-refractivity contribution in [1.29, 1.82) is 0 Å². The van der Waals surface area contributed by atoms with Crippen LogP contribution in [0.1, 0.15) is 258 Å². The topological polar surface area (TPSA) is 40.6 Å². The monoisotopic (exact) mass is 1150 g/mol. The molecule has 0 saturated carbocycles. The Morgan fingerprint density at radius 1 is 0.385 bits per heavy atom. The first-order chi connectivity index (χ1) is 38.3. The van der Waals surface area contributed by atoms with Gasteiger partial charge in [0.25, 0.3) is 11.8 Å². The van der Waals surface area contributed by atoms with Crippen LogP contribution in [0.5, 0.6) is 0 Å². The van der Waals surface area contributed by atoms with Crippen LogP contribution in [0.15, 0.2) is 77.2 Å². The molecule has 7 heterocycles. The average molecular weight is 1150 g/mol. The van der Waals surface area contributed by atoms with E-state index in [9.17, 15) is 0 Å². The Balaban J connectivity index is 1.20. The lowest BCUT2D eigenvalue weighted by Gasteiger charge is -2.29. The molecule has 2 atom stereocenters. The van der Waals surface area contributed by atoms with Crippen LogP contribution in [-0.4, -0.2) is 34.7 Å². The van der Waals surface area contributed by atoms with Crippen LogP contribution in [0.3, 0.4) is 0 Å². The van der Waals surface area contributed by atoms with Gasteiger partial charge in [-0.3, -0.25) is 9.59 Å². The first-order valence-corrected chi connectivity index (χ1v) is 35.7. The van der Waals surface area contributed by atoms with Gasteiger partial charge in [-0.2, -0.15) is 0 Å². The van der Waals surface area contributed by atoms with Crippen molar-refractivity contribution in [3.05, 3.63) is 102 Å². The molecule has 0 radical (unpaired) electrons. The average Bonchev–Trinajstić information content (AvgIpc) is 4.40. The molecule has 0 N–H and O–H groups in total. The summed E-state index contributed by atoms with van der Waals surface area (Å²) in [5, 5.41) is 2.14. The fraction of sp³-hybridized carbons (Fsp3) is 0.594. The van der Waals surface area contributed by atoms with Crippen molar-refractivity contribution < 1.29 is 9.59 Å². The number of rotatable bonds is 42. The smallest absolute Gasteiger partial charge is 0.261 e. The van der Waals surface area contributed by atoms with E-state index in [0.29, 0.717) is 36.1 Å². The van der Waals surface area contributed by atoms with E-state index < -0.39 is 0 Å². The zero-order valence-corrected chi connectivity index (χ0v) is 53.0. The highest BCUT2D eigenvalue weighted by Gasteiger charge is 2.50. The number of carbonyl (C=O) groups excluding carboxylic acids is 2. The van der Waals surface area contributed by atoms with Gasteiger partial charge in [-0.05, 0) is 117 Å². The SMILES string of the molecule is CCCCCCCCCCC(CCCCCCCC)CN1C(=O)C2=C(c3ccc(-c4ccc(/C=C/c5ccc(-c6cccs6)s5)s4)s3)N(CC(CCCCCCCC)CCCCCCCCCC)C(=O)C2=C1c1ccc(C)s1. The fourth-order valence-electron chi connectivity index (χ4n) is 11.9. The molecule has 4 nitrogen and oxygen atoms in total. The summed E-state index contributed by atoms with van der Waals surface area (Å²) in [7, 11) is 0. The number of hydrogen-bond acceptors (Lipinski definition) is 7. The van der Waals surface area contributed by atoms with Gasteiger partial charge in [-0.1, -0.05) is 214 Å². The molecule has 0 saturated heterocycles. The largest absolute Gasteiger partial charge is 0.306 e. The zero-order chi connectivity index (χ0) is 54.7. The minimum Gasteiger partial charge on any atom is -0.306 e. The van der Waals surface area contributed by atoms with E-state index >= 15 is 9.59 Å². The summed E-state index contributed by atoms with van der Waals surface area (Å²) in [5.74, 6) is 0.881. The summed E-state index contributed by atoms with van der Waals surface area (Å²) in [4.78, 5) is 46.8. The molecule has 0 bridgehead atoms. The minimum absolute atomic E-state index is 0.0469. The van der Waals surface area contributed by atoms with E-state index in [-0.39, 0.29) is 11.8 Å².